The minimum absolute atomic E-state index is 0.0432. The topological polar surface area (TPSA) is 72.0 Å². The van der Waals surface area contributed by atoms with Gasteiger partial charge in [-0.25, -0.2) is 0 Å². The molecule has 19 heavy (non-hydrogen) atoms. The molecule has 0 aliphatic carbocycles. The van der Waals surface area contributed by atoms with Crippen molar-refractivity contribution in [1.29, 1.82) is 5.41 Å². The predicted molar refractivity (Wildman–Crippen MR) is 78.5 cm³/mol. The molecule has 0 fully saturated rings. The fourth-order valence-corrected chi connectivity index (χ4v) is 2.20. The molecule has 98 valence electrons. The molecule has 0 amide bonds. The molecule has 0 aliphatic rings. The molecule has 0 radical (unpaired) electrons. The van der Waals surface area contributed by atoms with Crippen LogP contribution in [-0.4, -0.2) is 10.8 Å². The molecule has 2 aromatic rings. The number of nitrogens with two attached hydrogens (primary N) is 1. The predicted octanol–water partition coefficient (Wildman–Crippen LogP) is 3.02. The molecule has 0 unspecified atom stereocenters. The van der Waals surface area contributed by atoms with Gasteiger partial charge in [0.15, 0.2) is 0 Å². The Morgan fingerprint density at radius 1 is 1.37 bits per heavy atom. The summed E-state index contributed by atoms with van der Waals surface area (Å²) < 4.78 is 6.65. The van der Waals surface area contributed by atoms with Crippen molar-refractivity contribution in [3.05, 3.63) is 57.8 Å². The van der Waals surface area contributed by atoms with Crippen molar-refractivity contribution in [1.82, 2.24) is 4.98 Å². The standard InChI is InChI=1S/C14H14BrN3O/c1-9-2-3-13(11(15)6-9)19-8-10-4-5-18-12(7-10)14(16)17/h2-7H,8H2,1H3,(H3,16,17). The lowest BCUT2D eigenvalue weighted by atomic mass is 10.2. The number of nitrogen functional groups attached to an aromatic ring is 1. The first kappa shape index (κ1) is 13.5. The van der Waals surface area contributed by atoms with E-state index in [-0.39, 0.29) is 5.84 Å². The van der Waals surface area contributed by atoms with Crippen molar-refractivity contribution in [2.75, 3.05) is 0 Å². The number of halogens is 1. The number of hydrogen-bond acceptors (Lipinski definition) is 3. The second-order valence-electron chi connectivity index (χ2n) is 4.19. The molecule has 0 spiro atoms. The molecule has 0 saturated carbocycles. The van der Waals surface area contributed by atoms with E-state index in [0.29, 0.717) is 12.3 Å². The van der Waals surface area contributed by atoms with E-state index in [2.05, 4.69) is 20.9 Å². The van der Waals surface area contributed by atoms with Gasteiger partial charge in [-0.05, 0) is 58.2 Å². The Kier molecular flexibility index (Phi) is 4.16. The van der Waals surface area contributed by atoms with Crippen LogP contribution >= 0.6 is 15.9 Å². The van der Waals surface area contributed by atoms with Crippen LogP contribution in [0.1, 0.15) is 16.8 Å². The highest BCUT2D eigenvalue weighted by atomic mass is 79.9. The second-order valence-corrected chi connectivity index (χ2v) is 5.04. The fourth-order valence-electron chi connectivity index (χ4n) is 1.60. The molecule has 5 heteroatoms. The van der Waals surface area contributed by atoms with Gasteiger partial charge in [0.25, 0.3) is 0 Å². The van der Waals surface area contributed by atoms with Crippen LogP contribution in [0.5, 0.6) is 5.75 Å². The largest absolute Gasteiger partial charge is 0.488 e. The number of rotatable bonds is 4. The third-order valence-corrected chi connectivity index (χ3v) is 3.20. The molecule has 2 rings (SSSR count). The molecule has 1 aromatic heterocycles. The van der Waals surface area contributed by atoms with Crippen LogP contribution in [0.25, 0.3) is 0 Å². The SMILES string of the molecule is Cc1ccc(OCc2ccnc(C(=N)N)c2)c(Br)c1. The maximum Gasteiger partial charge on any atom is 0.141 e. The molecule has 0 bridgehead atoms. The van der Waals surface area contributed by atoms with Crippen molar-refractivity contribution < 1.29 is 4.74 Å². The average molecular weight is 320 g/mol. The molecular weight excluding hydrogens is 306 g/mol. The third kappa shape index (κ3) is 3.54. The minimum Gasteiger partial charge on any atom is -0.488 e. The molecule has 3 N–H and O–H groups in total. The quantitative estimate of drug-likeness (QED) is 0.672. The Bertz CT molecular complexity index is 613. The van der Waals surface area contributed by atoms with Crippen molar-refractivity contribution >= 4 is 21.8 Å². The normalized spacial score (nSPS) is 10.2. The summed E-state index contributed by atoms with van der Waals surface area (Å²) in [7, 11) is 0. The number of pyridine rings is 1. The maximum absolute atomic E-state index is 7.35. The van der Waals surface area contributed by atoms with Gasteiger partial charge >= 0.3 is 0 Å². The van der Waals surface area contributed by atoms with Gasteiger partial charge < -0.3 is 10.5 Å². The zero-order valence-electron chi connectivity index (χ0n) is 10.5. The van der Waals surface area contributed by atoms with E-state index in [0.717, 1.165) is 15.8 Å². The van der Waals surface area contributed by atoms with Crippen LogP contribution in [-0.2, 0) is 6.61 Å². The van der Waals surface area contributed by atoms with Gasteiger partial charge in [0, 0.05) is 6.20 Å². The highest BCUT2D eigenvalue weighted by molar-refractivity contribution is 9.10. The second kappa shape index (κ2) is 5.84. The maximum atomic E-state index is 7.35. The van der Waals surface area contributed by atoms with Crippen LogP contribution in [0.3, 0.4) is 0 Å². The van der Waals surface area contributed by atoms with Gasteiger partial charge in [-0.1, -0.05) is 6.07 Å². The number of nitrogens with zero attached hydrogens (tertiary/aromatic N) is 1. The Morgan fingerprint density at radius 3 is 2.84 bits per heavy atom. The molecular formula is C14H14BrN3O. The van der Waals surface area contributed by atoms with Crippen LogP contribution in [0.15, 0.2) is 41.0 Å². The average Bonchev–Trinajstić information content (AvgIpc) is 2.38. The Morgan fingerprint density at radius 2 is 2.16 bits per heavy atom. The van der Waals surface area contributed by atoms with E-state index in [1.807, 2.05) is 31.2 Å². The number of hydrogen-bond donors (Lipinski definition) is 2. The van der Waals surface area contributed by atoms with Gasteiger partial charge in [0.2, 0.25) is 0 Å². The van der Waals surface area contributed by atoms with Crippen LogP contribution in [0, 0.1) is 12.3 Å². The Balaban J connectivity index is 2.10. The van der Waals surface area contributed by atoms with Crippen LogP contribution in [0.4, 0.5) is 0 Å². The lowest BCUT2D eigenvalue weighted by molar-refractivity contribution is 0.304. The van der Waals surface area contributed by atoms with Crippen molar-refractivity contribution in [3.8, 4) is 5.75 Å². The van der Waals surface area contributed by atoms with E-state index < -0.39 is 0 Å². The summed E-state index contributed by atoms with van der Waals surface area (Å²) in [4.78, 5) is 4.01. The zero-order valence-corrected chi connectivity index (χ0v) is 12.1. The number of aromatic nitrogens is 1. The van der Waals surface area contributed by atoms with Crippen LogP contribution in [0.2, 0.25) is 0 Å². The van der Waals surface area contributed by atoms with E-state index in [1.54, 1.807) is 12.3 Å². The molecule has 1 aromatic carbocycles. The molecule has 0 saturated heterocycles. The summed E-state index contributed by atoms with van der Waals surface area (Å²) in [6.07, 6.45) is 1.62. The first-order valence-electron chi connectivity index (χ1n) is 5.74. The van der Waals surface area contributed by atoms with Gasteiger partial charge in [-0.3, -0.25) is 10.4 Å². The highest BCUT2D eigenvalue weighted by Crippen LogP contribution is 2.26. The van der Waals surface area contributed by atoms with E-state index in [1.165, 1.54) is 5.56 Å². The highest BCUT2D eigenvalue weighted by Gasteiger charge is 2.04. The molecule has 0 aliphatic heterocycles. The van der Waals surface area contributed by atoms with Gasteiger partial charge in [-0.15, -0.1) is 0 Å². The van der Waals surface area contributed by atoms with Crippen molar-refractivity contribution in [3.63, 3.8) is 0 Å². The number of nitrogens with one attached hydrogen (secondary N) is 1. The molecule has 0 atom stereocenters. The van der Waals surface area contributed by atoms with E-state index in [9.17, 15) is 0 Å². The van der Waals surface area contributed by atoms with Crippen molar-refractivity contribution in [2.45, 2.75) is 13.5 Å². The molecule has 4 nitrogen and oxygen atoms in total. The summed E-state index contributed by atoms with van der Waals surface area (Å²) in [5.74, 6) is 0.741. The van der Waals surface area contributed by atoms with Crippen molar-refractivity contribution in [2.24, 2.45) is 5.73 Å². The van der Waals surface area contributed by atoms with Gasteiger partial charge in [0.1, 0.15) is 23.9 Å². The number of benzene rings is 1. The summed E-state index contributed by atoms with van der Waals surface area (Å²) in [6.45, 7) is 2.43. The van der Waals surface area contributed by atoms with E-state index in [4.69, 9.17) is 15.9 Å². The lowest BCUT2D eigenvalue weighted by Crippen LogP contribution is -2.13. The summed E-state index contributed by atoms with van der Waals surface area (Å²) in [6, 6.07) is 9.52. The number of ether oxygens (including phenoxy) is 1. The number of aryl methyl sites for hydroxylation is 1. The Hall–Kier alpha value is -1.88. The minimum atomic E-state index is -0.0432. The van der Waals surface area contributed by atoms with E-state index >= 15 is 0 Å². The van der Waals surface area contributed by atoms with Gasteiger partial charge in [-0.2, -0.15) is 0 Å². The van der Waals surface area contributed by atoms with Crippen LogP contribution < -0.4 is 10.5 Å². The Labute approximate surface area is 120 Å². The fraction of sp³-hybridized carbons (Fsp3) is 0.143. The summed E-state index contributed by atoms with van der Waals surface area (Å²) in [5.41, 5.74) is 7.96. The monoisotopic (exact) mass is 319 g/mol. The zero-order chi connectivity index (χ0) is 13.8. The third-order valence-electron chi connectivity index (χ3n) is 2.58. The van der Waals surface area contributed by atoms with Gasteiger partial charge in [0.05, 0.1) is 4.47 Å². The first-order valence-corrected chi connectivity index (χ1v) is 6.54. The number of amidine groups is 1. The molecule has 1 heterocycles. The summed E-state index contributed by atoms with van der Waals surface area (Å²) in [5, 5.41) is 7.35. The smallest absolute Gasteiger partial charge is 0.141 e. The summed E-state index contributed by atoms with van der Waals surface area (Å²) >= 11 is 3.47. The lowest BCUT2D eigenvalue weighted by Gasteiger charge is -2.09. The first-order chi connectivity index (χ1) is 9.06.